The standard InChI is InChI=1S/C22H23ClN4O2S/c1-29-19-9-5-17(6-10-19)21(28)26-11-2-12-27(14-13-26)22-24-20(25-30-22)15-16-3-7-18(23)8-4-16/h3-10H,2,11-15H2,1H3. The minimum Gasteiger partial charge on any atom is -0.497 e. The zero-order valence-electron chi connectivity index (χ0n) is 16.8. The molecule has 0 aliphatic carbocycles. The maximum absolute atomic E-state index is 12.9. The molecule has 1 aliphatic heterocycles. The second kappa shape index (κ2) is 9.45. The molecule has 0 atom stereocenters. The summed E-state index contributed by atoms with van der Waals surface area (Å²) in [5.41, 5.74) is 1.82. The number of carbonyl (C=O) groups is 1. The largest absolute Gasteiger partial charge is 0.497 e. The first-order chi connectivity index (χ1) is 14.6. The molecular weight excluding hydrogens is 420 g/mol. The van der Waals surface area contributed by atoms with Gasteiger partial charge < -0.3 is 14.5 Å². The summed E-state index contributed by atoms with van der Waals surface area (Å²) in [6, 6.07) is 15.0. The summed E-state index contributed by atoms with van der Waals surface area (Å²) < 4.78 is 9.69. The lowest BCUT2D eigenvalue weighted by Crippen LogP contribution is -2.35. The molecule has 1 amide bonds. The van der Waals surface area contributed by atoms with E-state index < -0.39 is 0 Å². The smallest absolute Gasteiger partial charge is 0.253 e. The van der Waals surface area contributed by atoms with E-state index in [0.717, 1.165) is 53.3 Å². The van der Waals surface area contributed by atoms with Crippen molar-refractivity contribution in [2.24, 2.45) is 0 Å². The Labute approximate surface area is 185 Å². The normalized spacial score (nSPS) is 14.5. The average molecular weight is 443 g/mol. The van der Waals surface area contributed by atoms with E-state index in [1.165, 1.54) is 11.5 Å². The number of halogens is 1. The minimum atomic E-state index is 0.0557. The third-order valence-electron chi connectivity index (χ3n) is 5.12. The van der Waals surface area contributed by atoms with Gasteiger partial charge in [-0.25, -0.2) is 4.98 Å². The number of methoxy groups -OCH3 is 1. The van der Waals surface area contributed by atoms with Crippen molar-refractivity contribution in [1.29, 1.82) is 0 Å². The first-order valence-electron chi connectivity index (χ1n) is 9.87. The highest BCUT2D eigenvalue weighted by atomic mass is 35.5. The zero-order valence-corrected chi connectivity index (χ0v) is 18.3. The summed E-state index contributed by atoms with van der Waals surface area (Å²) in [7, 11) is 1.62. The highest BCUT2D eigenvalue weighted by molar-refractivity contribution is 7.09. The Bertz CT molecular complexity index is 991. The molecule has 1 saturated heterocycles. The van der Waals surface area contributed by atoms with Crippen LogP contribution in [0, 0.1) is 0 Å². The Hall–Kier alpha value is -2.64. The fourth-order valence-electron chi connectivity index (χ4n) is 3.46. The van der Waals surface area contributed by atoms with E-state index in [9.17, 15) is 4.79 Å². The molecule has 30 heavy (non-hydrogen) atoms. The summed E-state index contributed by atoms with van der Waals surface area (Å²) in [6.45, 7) is 3.01. The van der Waals surface area contributed by atoms with Gasteiger partial charge in [0.1, 0.15) is 11.6 Å². The van der Waals surface area contributed by atoms with Crippen LogP contribution in [-0.4, -0.2) is 53.5 Å². The van der Waals surface area contributed by atoms with Crippen molar-refractivity contribution in [2.75, 3.05) is 38.2 Å². The van der Waals surface area contributed by atoms with Crippen LogP contribution in [0.1, 0.15) is 28.2 Å². The van der Waals surface area contributed by atoms with Crippen molar-refractivity contribution in [1.82, 2.24) is 14.3 Å². The van der Waals surface area contributed by atoms with Gasteiger partial charge in [-0.15, -0.1) is 0 Å². The lowest BCUT2D eigenvalue weighted by Gasteiger charge is -2.21. The molecule has 3 aromatic rings. The monoisotopic (exact) mass is 442 g/mol. The number of ether oxygens (including phenoxy) is 1. The van der Waals surface area contributed by atoms with Gasteiger partial charge in [0.25, 0.3) is 5.91 Å². The SMILES string of the molecule is COc1ccc(C(=O)N2CCCN(c3nc(Cc4ccc(Cl)cc4)ns3)CC2)cc1. The van der Waals surface area contributed by atoms with Crippen LogP contribution in [-0.2, 0) is 6.42 Å². The van der Waals surface area contributed by atoms with Crippen molar-refractivity contribution in [3.63, 3.8) is 0 Å². The van der Waals surface area contributed by atoms with Crippen LogP contribution >= 0.6 is 23.1 Å². The van der Waals surface area contributed by atoms with Gasteiger partial charge in [-0.3, -0.25) is 4.79 Å². The molecule has 2 heterocycles. The number of rotatable bonds is 5. The van der Waals surface area contributed by atoms with Gasteiger partial charge in [0.15, 0.2) is 0 Å². The predicted molar refractivity (Wildman–Crippen MR) is 120 cm³/mol. The van der Waals surface area contributed by atoms with Gasteiger partial charge in [0.2, 0.25) is 5.13 Å². The predicted octanol–water partition coefficient (Wildman–Crippen LogP) is 4.14. The average Bonchev–Trinajstić information content (AvgIpc) is 3.09. The molecular formula is C22H23ClN4O2S. The third kappa shape index (κ3) is 4.91. The molecule has 0 unspecified atom stereocenters. The summed E-state index contributed by atoms with van der Waals surface area (Å²) in [6.07, 6.45) is 1.58. The van der Waals surface area contributed by atoms with Crippen molar-refractivity contribution < 1.29 is 9.53 Å². The summed E-state index contributed by atoms with van der Waals surface area (Å²) in [5.74, 6) is 1.62. The van der Waals surface area contributed by atoms with Crippen LogP contribution < -0.4 is 9.64 Å². The van der Waals surface area contributed by atoms with Gasteiger partial charge in [-0.2, -0.15) is 4.37 Å². The highest BCUT2D eigenvalue weighted by Crippen LogP contribution is 2.22. The number of hydrogen-bond acceptors (Lipinski definition) is 6. The van der Waals surface area contributed by atoms with Crippen LogP contribution in [0.15, 0.2) is 48.5 Å². The van der Waals surface area contributed by atoms with Crippen molar-refractivity contribution >= 4 is 34.2 Å². The molecule has 6 nitrogen and oxygen atoms in total. The lowest BCUT2D eigenvalue weighted by molar-refractivity contribution is 0.0767. The maximum atomic E-state index is 12.9. The van der Waals surface area contributed by atoms with Crippen LogP contribution in [0.25, 0.3) is 0 Å². The number of hydrogen-bond donors (Lipinski definition) is 0. The highest BCUT2D eigenvalue weighted by Gasteiger charge is 2.22. The van der Waals surface area contributed by atoms with Gasteiger partial charge in [-0.05, 0) is 48.4 Å². The molecule has 1 fully saturated rings. The quantitative estimate of drug-likeness (QED) is 0.594. The lowest BCUT2D eigenvalue weighted by atomic mass is 10.1. The fourth-order valence-corrected chi connectivity index (χ4v) is 4.32. The number of benzene rings is 2. The van der Waals surface area contributed by atoms with E-state index >= 15 is 0 Å². The Kier molecular flexibility index (Phi) is 6.50. The second-order valence-corrected chi connectivity index (χ2v) is 8.32. The van der Waals surface area contributed by atoms with E-state index in [4.69, 9.17) is 21.3 Å². The molecule has 8 heteroatoms. The van der Waals surface area contributed by atoms with E-state index in [1.807, 2.05) is 53.4 Å². The van der Waals surface area contributed by atoms with Crippen LogP contribution in [0.3, 0.4) is 0 Å². The molecule has 1 aliphatic rings. The van der Waals surface area contributed by atoms with Crippen LogP contribution in [0.2, 0.25) is 5.02 Å². The van der Waals surface area contributed by atoms with E-state index in [-0.39, 0.29) is 5.91 Å². The topological polar surface area (TPSA) is 58.6 Å². The molecule has 156 valence electrons. The number of aromatic nitrogens is 2. The van der Waals surface area contributed by atoms with Gasteiger partial charge in [0, 0.05) is 54.7 Å². The van der Waals surface area contributed by atoms with Gasteiger partial charge in [-0.1, -0.05) is 23.7 Å². The number of anilines is 1. The van der Waals surface area contributed by atoms with Crippen molar-refractivity contribution in [3.8, 4) is 5.75 Å². The summed E-state index contributed by atoms with van der Waals surface area (Å²) in [4.78, 5) is 21.7. The number of nitrogens with zero attached hydrogens (tertiary/aromatic N) is 4. The Morgan fingerprint density at radius 2 is 1.83 bits per heavy atom. The molecule has 0 saturated carbocycles. The fraction of sp³-hybridized carbons (Fsp3) is 0.318. The molecule has 0 bridgehead atoms. The van der Waals surface area contributed by atoms with Gasteiger partial charge in [0.05, 0.1) is 7.11 Å². The molecule has 0 spiro atoms. The zero-order chi connectivity index (χ0) is 20.9. The van der Waals surface area contributed by atoms with Crippen molar-refractivity contribution in [2.45, 2.75) is 12.8 Å². The number of carbonyl (C=O) groups excluding carboxylic acids is 1. The van der Waals surface area contributed by atoms with E-state index in [0.29, 0.717) is 18.5 Å². The van der Waals surface area contributed by atoms with Crippen LogP contribution in [0.4, 0.5) is 5.13 Å². The molecule has 1 aromatic heterocycles. The maximum Gasteiger partial charge on any atom is 0.253 e. The Morgan fingerprint density at radius 3 is 2.57 bits per heavy atom. The second-order valence-electron chi connectivity index (χ2n) is 7.16. The molecule has 0 radical (unpaired) electrons. The van der Waals surface area contributed by atoms with Crippen molar-refractivity contribution in [3.05, 3.63) is 70.5 Å². The Balaban J connectivity index is 1.37. The third-order valence-corrected chi connectivity index (χ3v) is 6.19. The molecule has 0 N–H and O–H groups in total. The van der Waals surface area contributed by atoms with E-state index in [1.54, 1.807) is 7.11 Å². The number of amides is 1. The van der Waals surface area contributed by atoms with Gasteiger partial charge >= 0.3 is 0 Å². The first kappa shape index (κ1) is 20.6. The summed E-state index contributed by atoms with van der Waals surface area (Å²) in [5, 5.41) is 1.64. The summed E-state index contributed by atoms with van der Waals surface area (Å²) >= 11 is 7.37. The minimum absolute atomic E-state index is 0.0557. The first-order valence-corrected chi connectivity index (χ1v) is 11.0. The Morgan fingerprint density at radius 1 is 1.07 bits per heavy atom. The molecule has 2 aromatic carbocycles. The van der Waals surface area contributed by atoms with Crippen LogP contribution in [0.5, 0.6) is 5.75 Å². The molecule has 4 rings (SSSR count). The van der Waals surface area contributed by atoms with E-state index in [2.05, 4.69) is 9.27 Å².